The molecule has 5 nitrogen and oxygen atoms in total. The Morgan fingerprint density at radius 2 is 2.21 bits per heavy atom. The first kappa shape index (κ1) is 13.5. The number of primary amides is 1. The predicted octanol–water partition coefficient (Wildman–Crippen LogP) is 0.947. The summed E-state index contributed by atoms with van der Waals surface area (Å²) in [6.07, 6.45) is 2.65. The highest BCUT2D eigenvalue weighted by molar-refractivity contribution is 5.94. The molecule has 2 atom stereocenters. The van der Waals surface area contributed by atoms with Gasteiger partial charge in [0.25, 0.3) is 5.91 Å². The van der Waals surface area contributed by atoms with E-state index >= 15 is 0 Å². The molecule has 0 aliphatic carbocycles. The summed E-state index contributed by atoms with van der Waals surface area (Å²) in [7, 11) is 0. The molecule has 2 heterocycles. The fourth-order valence-corrected chi connectivity index (χ4v) is 2.32. The number of pyridine rings is 1. The van der Waals surface area contributed by atoms with Gasteiger partial charge < -0.3 is 10.6 Å². The molecular weight excluding hydrogens is 249 g/mol. The topological polar surface area (TPSA) is 76.3 Å². The van der Waals surface area contributed by atoms with E-state index in [9.17, 15) is 14.0 Å². The maximum Gasteiger partial charge on any atom is 0.254 e. The fraction of sp³-hybridized carbons (Fsp3) is 0.462. The number of carbonyl (C=O) groups excluding carboxylic acids is 2. The van der Waals surface area contributed by atoms with Crippen LogP contribution < -0.4 is 5.73 Å². The van der Waals surface area contributed by atoms with Crippen molar-refractivity contribution in [3.8, 4) is 0 Å². The minimum absolute atomic E-state index is 0.0133. The Kier molecular flexibility index (Phi) is 3.78. The number of rotatable bonds is 2. The molecule has 0 saturated carbocycles. The second-order valence-corrected chi connectivity index (χ2v) is 4.85. The quantitative estimate of drug-likeness (QED) is 0.809. The summed E-state index contributed by atoms with van der Waals surface area (Å²) in [6.45, 7) is 2.20. The molecule has 19 heavy (non-hydrogen) atoms. The van der Waals surface area contributed by atoms with Crippen LogP contribution in [0.1, 0.15) is 30.1 Å². The number of piperidine rings is 1. The van der Waals surface area contributed by atoms with Crippen LogP contribution in [0.3, 0.4) is 0 Å². The number of nitrogens with zero attached hydrogens (tertiary/aromatic N) is 2. The molecule has 2 N–H and O–H groups in total. The highest BCUT2D eigenvalue weighted by atomic mass is 19.1. The number of carbonyl (C=O) groups is 2. The number of halogens is 1. The van der Waals surface area contributed by atoms with Crippen molar-refractivity contribution in [3.05, 3.63) is 29.8 Å². The van der Waals surface area contributed by atoms with E-state index in [-0.39, 0.29) is 23.4 Å². The van der Waals surface area contributed by atoms with Crippen LogP contribution in [-0.4, -0.2) is 34.3 Å². The summed E-state index contributed by atoms with van der Waals surface area (Å²) < 4.78 is 13.0. The van der Waals surface area contributed by atoms with Gasteiger partial charge in [0.2, 0.25) is 11.9 Å². The third-order valence-corrected chi connectivity index (χ3v) is 3.52. The molecule has 102 valence electrons. The standard InChI is InChI=1S/C13H16FN3O2/c1-8-2-3-10(12(15)18)7-17(8)13(19)9-4-5-16-11(14)6-9/h4-6,8,10H,2-3,7H2,1H3,(H2,15,18). The maximum atomic E-state index is 13.0. The molecule has 1 saturated heterocycles. The average molecular weight is 265 g/mol. The summed E-state index contributed by atoms with van der Waals surface area (Å²) in [5, 5.41) is 0. The lowest BCUT2D eigenvalue weighted by molar-refractivity contribution is -0.123. The van der Waals surface area contributed by atoms with Crippen LogP contribution >= 0.6 is 0 Å². The first-order valence-corrected chi connectivity index (χ1v) is 6.21. The fourth-order valence-electron chi connectivity index (χ4n) is 2.32. The van der Waals surface area contributed by atoms with E-state index in [1.54, 1.807) is 4.90 Å². The van der Waals surface area contributed by atoms with Gasteiger partial charge in [0.15, 0.2) is 0 Å². The Labute approximate surface area is 110 Å². The van der Waals surface area contributed by atoms with E-state index in [0.717, 1.165) is 6.07 Å². The van der Waals surface area contributed by atoms with Gasteiger partial charge in [-0.2, -0.15) is 4.39 Å². The maximum absolute atomic E-state index is 13.0. The molecule has 1 aromatic heterocycles. The van der Waals surface area contributed by atoms with E-state index in [1.807, 2.05) is 6.92 Å². The number of nitrogens with two attached hydrogens (primary N) is 1. The smallest absolute Gasteiger partial charge is 0.254 e. The third-order valence-electron chi connectivity index (χ3n) is 3.52. The van der Waals surface area contributed by atoms with E-state index in [2.05, 4.69) is 4.98 Å². The normalized spacial score (nSPS) is 23.2. The van der Waals surface area contributed by atoms with Crippen LogP contribution in [0.4, 0.5) is 4.39 Å². The van der Waals surface area contributed by atoms with Crippen molar-refractivity contribution >= 4 is 11.8 Å². The van der Waals surface area contributed by atoms with Crippen LogP contribution in [0.2, 0.25) is 0 Å². The average Bonchev–Trinajstić information content (AvgIpc) is 2.38. The Morgan fingerprint density at radius 1 is 1.47 bits per heavy atom. The van der Waals surface area contributed by atoms with E-state index < -0.39 is 11.9 Å². The van der Waals surface area contributed by atoms with Crippen molar-refractivity contribution in [2.45, 2.75) is 25.8 Å². The van der Waals surface area contributed by atoms with Gasteiger partial charge in [0.1, 0.15) is 0 Å². The lowest BCUT2D eigenvalue weighted by atomic mass is 9.92. The molecular formula is C13H16FN3O2. The van der Waals surface area contributed by atoms with Crippen LogP contribution in [0.25, 0.3) is 0 Å². The van der Waals surface area contributed by atoms with Gasteiger partial charge in [-0.3, -0.25) is 9.59 Å². The van der Waals surface area contributed by atoms with E-state index in [0.29, 0.717) is 19.4 Å². The largest absolute Gasteiger partial charge is 0.369 e. The first-order valence-electron chi connectivity index (χ1n) is 6.21. The number of hydrogen-bond acceptors (Lipinski definition) is 3. The lowest BCUT2D eigenvalue weighted by Gasteiger charge is -2.36. The van der Waals surface area contributed by atoms with Gasteiger partial charge in [-0.15, -0.1) is 0 Å². The van der Waals surface area contributed by atoms with Crippen LogP contribution in [-0.2, 0) is 4.79 Å². The molecule has 0 spiro atoms. The lowest BCUT2D eigenvalue weighted by Crippen LogP contribution is -2.48. The Balaban J connectivity index is 2.19. The SMILES string of the molecule is CC1CCC(C(N)=O)CN1C(=O)c1ccnc(F)c1. The number of hydrogen-bond donors (Lipinski definition) is 1. The molecule has 0 bridgehead atoms. The van der Waals surface area contributed by atoms with Crippen LogP contribution in [0, 0.1) is 11.9 Å². The molecule has 6 heteroatoms. The van der Waals surface area contributed by atoms with Crippen LogP contribution in [0.15, 0.2) is 18.3 Å². The summed E-state index contributed by atoms with van der Waals surface area (Å²) in [5.74, 6) is -1.71. The molecule has 1 aromatic rings. The Hall–Kier alpha value is -1.98. The predicted molar refractivity (Wildman–Crippen MR) is 66.6 cm³/mol. The molecule has 1 aliphatic heterocycles. The van der Waals surface area contributed by atoms with Gasteiger partial charge in [-0.05, 0) is 25.8 Å². The molecule has 2 unspecified atom stereocenters. The van der Waals surface area contributed by atoms with Gasteiger partial charge in [0, 0.05) is 30.4 Å². The monoisotopic (exact) mass is 265 g/mol. The van der Waals surface area contributed by atoms with Gasteiger partial charge in [0.05, 0.1) is 5.92 Å². The van der Waals surface area contributed by atoms with Crippen molar-refractivity contribution in [1.82, 2.24) is 9.88 Å². The Morgan fingerprint density at radius 3 is 2.84 bits per heavy atom. The number of aromatic nitrogens is 1. The second kappa shape index (κ2) is 5.34. The zero-order valence-corrected chi connectivity index (χ0v) is 10.7. The van der Waals surface area contributed by atoms with Crippen molar-refractivity contribution in [1.29, 1.82) is 0 Å². The van der Waals surface area contributed by atoms with Crippen molar-refractivity contribution in [2.24, 2.45) is 11.7 Å². The summed E-state index contributed by atoms with van der Waals surface area (Å²) in [5.41, 5.74) is 5.53. The van der Waals surface area contributed by atoms with Crippen molar-refractivity contribution < 1.29 is 14.0 Å². The molecule has 0 radical (unpaired) electrons. The first-order chi connectivity index (χ1) is 8.99. The third kappa shape index (κ3) is 2.89. The van der Waals surface area contributed by atoms with E-state index in [4.69, 9.17) is 5.73 Å². The minimum Gasteiger partial charge on any atom is -0.369 e. The molecule has 0 aromatic carbocycles. The van der Waals surface area contributed by atoms with Crippen molar-refractivity contribution in [2.75, 3.05) is 6.54 Å². The minimum atomic E-state index is -0.693. The van der Waals surface area contributed by atoms with Gasteiger partial charge >= 0.3 is 0 Å². The molecule has 2 rings (SSSR count). The van der Waals surface area contributed by atoms with Gasteiger partial charge in [-0.1, -0.05) is 0 Å². The zero-order chi connectivity index (χ0) is 14.0. The zero-order valence-electron chi connectivity index (χ0n) is 10.7. The molecule has 1 aliphatic rings. The summed E-state index contributed by atoms with van der Waals surface area (Å²) >= 11 is 0. The second-order valence-electron chi connectivity index (χ2n) is 4.85. The molecule has 1 fully saturated rings. The highest BCUT2D eigenvalue weighted by Crippen LogP contribution is 2.23. The number of likely N-dealkylation sites (tertiary alicyclic amines) is 1. The van der Waals surface area contributed by atoms with Crippen LogP contribution in [0.5, 0.6) is 0 Å². The van der Waals surface area contributed by atoms with Gasteiger partial charge in [-0.25, -0.2) is 4.98 Å². The number of amides is 2. The summed E-state index contributed by atoms with van der Waals surface area (Å²) in [6, 6.07) is 2.58. The highest BCUT2D eigenvalue weighted by Gasteiger charge is 2.32. The Bertz CT molecular complexity index is 506. The summed E-state index contributed by atoms with van der Waals surface area (Å²) in [4.78, 5) is 28.5. The molecule has 2 amide bonds. The van der Waals surface area contributed by atoms with E-state index in [1.165, 1.54) is 12.3 Å². The van der Waals surface area contributed by atoms with Crippen molar-refractivity contribution in [3.63, 3.8) is 0 Å².